The first-order chi connectivity index (χ1) is 8.63. The molecule has 0 amide bonds. The average Bonchev–Trinajstić information content (AvgIpc) is 2.40. The second-order valence-electron chi connectivity index (χ2n) is 4.56. The summed E-state index contributed by atoms with van der Waals surface area (Å²) in [4.78, 5) is 0. The zero-order valence-electron chi connectivity index (χ0n) is 12.2. The first-order valence-corrected chi connectivity index (χ1v) is 5.98. The monoisotopic (exact) mass is 1160 g/mol. The molecule has 1 aliphatic rings. The van der Waals surface area contributed by atoms with Crippen LogP contribution in [0.3, 0.4) is 0 Å². The molecule has 5 nitrogen and oxygen atoms in total. The Kier molecular flexibility index (Phi) is 23.9. The summed E-state index contributed by atoms with van der Waals surface area (Å²) in [7, 11) is 0. The molecule has 0 bridgehead atoms. The van der Waals surface area contributed by atoms with Crippen molar-refractivity contribution in [3.8, 4) is 0 Å². The molecule has 5 atom stereocenters. The summed E-state index contributed by atoms with van der Waals surface area (Å²) in [6, 6.07) is 9.42. The first-order valence-electron chi connectivity index (χ1n) is 5.98. The number of hydrogen-bond acceptors (Lipinski definition) is 5. The van der Waals surface area contributed by atoms with Crippen molar-refractivity contribution in [3.05, 3.63) is 35.9 Å². The van der Waals surface area contributed by atoms with E-state index in [9.17, 15) is 15.3 Å². The third-order valence-corrected chi connectivity index (χ3v) is 3.27. The van der Waals surface area contributed by atoms with Gasteiger partial charge in [-0.1, -0.05) is 30.3 Å². The number of rotatable bonds is 3. The van der Waals surface area contributed by atoms with Gasteiger partial charge >= 0.3 is 0 Å². The van der Waals surface area contributed by atoms with Gasteiger partial charge in [0, 0.05) is 183 Å². The van der Waals surface area contributed by atoms with E-state index in [4.69, 9.17) is 9.84 Å². The van der Waals surface area contributed by atoms with E-state index < -0.39 is 37.1 Å². The Balaban J connectivity index is -0.000000902. The standard InChI is InChI=1S/C13H18O5.4Ac/c14-7-10-12(16)13(17)11(15)9(18-10)6-8-4-2-1-3-5-8;;;;/h1-5,9-17H,6-7H2;;;;. The van der Waals surface area contributed by atoms with Crippen molar-refractivity contribution >= 4 is 0 Å². The van der Waals surface area contributed by atoms with Crippen LogP contribution in [0.25, 0.3) is 0 Å². The fourth-order valence-corrected chi connectivity index (χ4v) is 2.19. The molecule has 1 fully saturated rings. The van der Waals surface area contributed by atoms with Gasteiger partial charge in [-0.25, -0.2) is 0 Å². The van der Waals surface area contributed by atoms with E-state index >= 15 is 0 Å². The van der Waals surface area contributed by atoms with Crippen LogP contribution in [0.2, 0.25) is 0 Å². The van der Waals surface area contributed by atoms with Gasteiger partial charge in [0.1, 0.15) is 24.4 Å². The molecular weight excluding hydrogens is 1140 g/mol. The van der Waals surface area contributed by atoms with E-state index in [0.717, 1.165) is 5.56 Å². The van der Waals surface area contributed by atoms with E-state index in [1.807, 2.05) is 30.3 Å². The molecule has 9 heteroatoms. The molecule has 0 saturated carbocycles. The van der Waals surface area contributed by atoms with Crippen molar-refractivity contribution in [2.75, 3.05) is 6.61 Å². The maximum atomic E-state index is 9.87. The molecule has 112 valence electrons. The van der Waals surface area contributed by atoms with Gasteiger partial charge in [0.2, 0.25) is 0 Å². The third-order valence-electron chi connectivity index (χ3n) is 3.27. The first kappa shape index (κ1) is 31.5. The predicted molar refractivity (Wildman–Crippen MR) is 63.9 cm³/mol. The van der Waals surface area contributed by atoms with Crippen LogP contribution in [0, 0.1) is 176 Å². The van der Waals surface area contributed by atoms with Crippen LogP contribution < -0.4 is 0 Å². The molecule has 1 aromatic rings. The number of benzene rings is 1. The molecule has 4 radical (unpaired) electrons. The molecule has 1 saturated heterocycles. The van der Waals surface area contributed by atoms with Gasteiger partial charge in [-0.2, -0.15) is 0 Å². The molecule has 1 heterocycles. The van der Waals surface area contributed by atoms with E-state index in [2.05, 4.69) is 0 Å². The Bertz CT molecular complexity index is 382. The summed E-state index contributed by atoms with van der Waals surface area (Å²) in [5, 5.41) is 38.2. The van der Waals surface area contributed by atoms with E-state index in [-0.39, 0.29) is 176 Å². The summed E-state index contributed by atoms with van der Waals surface area (Å²) in [6.45, 7) is -0.393. The molecule has 0 aliphatic carbocycles. The number of aliphatic hydroxyl groups is 4. The van der Waals surface area contributed by atoms with Crippen molar-refractivity contribution in [2.45, 2.75) is 36.9 Å². The van der Waals surface area contributed by atoms with Crippen molar-refractivity contribution in [2.24, 2.45) is 0 Å². The maximum absolute atomic E-state index is 9.87. The van der Waals surface area contributed by atoms with Crippen LogP contribution in [-0.2, 0) is 11.2 Å². The van der Waals surface area contributed by atoms with E-state index in [1.165, 1.54) is 0 Å². The number of ether oxygens (including phenoxy) is 1. The zero-order valence-corrected chi connectivity index (χ0v) is 31.2. The Hall–Kier alpha value is 4.79. The fourth-order valence-electron chi connectivity index (χ4n) is 2.19. The minimum atomic E-state index is -1.30. The molecule has 4 N–H and O–H groups in total. The minimum Gasteiger partial charge on any atom is -0.394 e. The van der Waals surface area contributed by atoms with Gasteiger partial charge in [0.15, 0.2) is 0 Å². The topological polar surface area (TPSA) is 90.2 Å². The molecule has 2 rings (SSSR count). The zero-order chi connectivity index (χ0) is 13.1. The normalized spacial score (nSPS) is 29.9. The fraction of sp³-hybridized carbons (Fsp3) is 0.538. The number of aliphatic hydroxyl groups excluding tert-OH is 4. The summed E-state index contributed by atoms with van der Waals surface area (Å²) in [5.74, 6) is 0. The largest absolute Gasteiger partial charge is 0.394 e. The van der Waals surface area contributed by atoms with Crippen LogP contribution in [-0.4, -0.2) is 57.6 Å². The molecule has 22 heavy (non-hydrogen) atoms. The summed E-state index contributed by atoms with van der Waals surface area (Å²) in [6.07, 6.45) is -4.81. The molecule has 1 aromatic carbocycles. The van der Waals surface area contributed by atoms with Crippen LogP contribution in [0.15, 0.2) is 30.3 Å². The van der Waals surface area contributed by atoms with Gasteiger partial charge in [0.05, 0.1) is 12.7 Å². The van der Waals surface area contributed by atoms with Crippen molar-refractivity contribution in [3.63, 3.8) is 0 Å². The molecule has 0 spiro atoms. The second-order valence-corrected chi connectivity index (χ2v) is 4.56. The maximum Gasteiger partial charge on any atom is 0.111 e. The Labute approximate surface area is 273 Å². The van der Waals surface area contributed by atoms with Gasteiger partial charge in [-0.05, 0) is 5.56 Å². The quantitative estimate of drug-likeness (QED) is 0.315. The van der Waals surface area contributed by atoms with Crippen LogP contribution in [0.5, 0.6) is 0 Å². The van der Waals surface area contributed by atoms with Gasteiger partial charge in [0.25, 0.3) is 0 Å². The molecule has 5 unspecified atom stereocenters. The summed E-state index contributed by atoms with van der Waals surface area (Å²) < 4.78 is 5.42. The second kappa shape index (κ2) is 16.7. The number of hydrogen-bond donors (Lipinski definition) is 4. The van der Waals surface area contributed by atoms with Gasteiger partial charge in [-0.3, -0.25) is 0 Å². The molecular formula is C13H18Ac4O5. The molecule has 0 aromatic heterocycles. The van der Waals surface area contributed by atoms with Crippen LogP contribution >= 0.6 is 0 Å². The Morgan fingerprint density at radius 1 is 0.773 bits per heavy atom. The Morgan fingerprint density at radius 3 is 1.77 bits per heavy atom. The van der Waals surface area contributed by atoms with Crippen molar-refractivity contribution in [1.82, 2.24) is 0 Å². The smallest absolute Gasteiger partial charge is 0.111 e. The average molecular weight is 1160 g/mol. The Morgan fingerprint density at radius 2 is 1.27 bits per heavy atom. The van der Waals surface area contributed by atoms with Crippen LogP contribution in [0.4, 0.5) is 0 Å². The molecule has 1 aliphatic heterocycles. The SMILES string of the molecule is OCC1OC(Cc2ccccc2)C(O)C(O)C1O.[Ac].[Ac].[Ac].[Ac]. The minimum absolute atomic E-state index is 0. The van der Waals surface area contributed by atoms with Gasteiger partial charge < -0.3 is 25.2 Å². The summed E-state index contributed by atoms with van der Waals surface area (Å²) >= 11 is 0. The third kappa shape index (κ3) is 9.32. The van der Waals surface area contributed by atoms with E-state index in [1.54, 1.807) is 0 Å². The van der Waals surface area contributed by atoms with Crippen molar-refractivity contribution < 1.29 is 201 Å². The van der Waals surface area contributed by atoms with Gasteiger partial charge in [-0.15, -0.1) is 0 Å². The van der Waals surface area contributed by atoms with Crippen LogP contribution in [0.1, 0.15) is 5.56 Å². The summed E-state index contributed by atoms with van der Waals surface area (Å²) in [5.41, 5.74) is 0.960. The predicted octanol–water partition coefficient (Wildman–Crippen LogP) is -0.929. The van der Waals surface area contributed by atoms with Crippen molar-refractivity contribution in [1.29, 1.82) is 0 Å². The van der Waals surface area contributed by atoms with E-state index in [0.29, 0.717) is 6.42 Å².